The SMILES string of the molecule is CCc1c[nH]c2cc(C(=O)O)c(C)cc12. The van der Waals surface area contributed by atoms with Crippen LogP contribution in [0.25, 0.3) is 10.9 Å². The second-order valence-corrected chi connectivity index (χ2v) is 3.69. The number of aryl methyl sites for hydroxylation is 2. The molecule has 0 saturated heterocycles. The van der Waals surface area contributed by atoms with Gasteiger partial charge in [0.1, 0.15) is 0 Å². The number of aromatic amines is 1. The van der Waals surface area contributed by atoms with E-state index in [1.807, 2.05) is 19.2 Å². The smallest absolute Gasteiger partial charge is 0.336 e. The van der Waals surface area contributed by atoms with Crippen LogP contribution in [0.3, 0.4) is 0 Å². The minimum atomic E-state index is -0.873. The van der Waals surface area contributed by atoms with Crippen molar-refractivity contribution in [3.8, 4) is 0 Å². The van der Waals surface area contributed by atoms with Gasteiger partial charge in [-0.1, -0.05) is 6.92 Å². The average Bonchev–Trinajstić information content (AvgIpc) is 2.58. The Bertz CT molecular complexity index is 526. The molecule has 0 radical (unpaired) electrons. The molecule has 1 aromatic carbocycles. The third kappa shape index (κ3) is 1.50. The van der Waals surface area contributed by atoms with Gasteiger partial charge in [0.2, 0.25) is 0 Å². The first kappa shape index (κ1) is 9.77. The second-order valence-electron chi connectivity index (χ2n) is 3.69. The van der Waals surface area contributed by atoms with Crippen molar-refractivity contribution in [1.82, 2.24) is 4.98 Å². The van der Waals surface area contributed by atoms with Gasteiger partial charge in [-0.2, -0.15) is 0 Å². The molecule has 0 aliphatic carbocycles. The highest BCUT2D eigenvalue weighted by Gasteiger charge is 2.10. The number of hydrogen-bond acceptors (Lipinski definition) is 1. The lowest BCUT2D eigenvalue weighted by Gasteiger charge is -2.01. The molecule has 3 nitrogen and oxygen atoms in total. The monoisotopic (exact) mass is 203 g/mol. The Balaban J connectivity index is 2.72. The van der Waals surface area contributed by atoms with Gasteiger partial charge in [-0.25, -0.2) is 4.79 Å². The normalized spacial score (nSPS) is 10.8. The fourth-order valence-electron chi connectivity index (χ4n) is 1.86. The number of benzene rings is 1. The Hall–Kier alpha value is -1.77. The fraction of sp³-hybridized carbons (Fsp3) is 0.250. The maximum atomic E-state index is 10.9. The minimum absolute atomic E-state index is 0.368. The Labute approximate surface area is 87.7 Å². The predicted octanol–water partition coefficient (Wildman–Crippen LogP) is 2.74. The van der Waals surface area contributed by atoms with Crippen LogP contribution >= 0.6 is 0 Å². The van der Waals surface area contributed by atoms with Gasteiger partial charge in [0.15, 0.2) is 0 Å². The summed E-state index contributed by atoms with van der Waals surface area (Å²) in [6.07, 6.45) is 2.89. The Morgan fingerprint density at radius 1 is 1.47 bits per heavy atom. The van der Waals surface area contributed by atoms with Crippen LogP contribution in [-0.4, -0.2) is 16.1 Å². The van der Waals surface area contributed by atoms with E-state index in [0.717, 1.165) is 22.9 Å². The molecule has 0 amide bonds. The van der Waals surface area contributed by atoms with Crippen LogP contribution in [0, 0.1) is 6.92 Å². The number of aromatic nitrogens is 1. The lowest BCUT2D eigenvalue weighted by atomic mass is 10.0. The largest absolute Gasteiger partial charge is 0.478 e. The van der Waals surface area contributed by atoms with Crippen molar-refractivity contribution in [3.63, 3.8) is 0 Å². The molecule has 1 aromatic heterocycles. The van der Waals surface area contributed by atoms with Gasteiger partial charge in [-0.15, -0.1) is 0 Å². The number of carboxylic acid groups (broad SMARTS) is 1. The maximum Gasteiger partial charge on any atom is 0.336 e. The van der Waals surface area contributed by atoms with E-state index in [-0.39, 0.29) is 0 Å². The van der Waals surface area contributed by atoms with Crippen molar-refractivity contribution in [2.75, 3.05) is 0 Å². The van der Waals surface area contributed by atoms with E-state index in [9.17, 15) is 4.79 Å². The van der Waals surface area contributed by atoms with Crippen molar-refractivity contribution < 1.29 is 9.90 Å². The molecule has 78 valence electrons. The van der Waals surface area contributed by atoms with Gasteiger partial charge < -0.3 is 10.1 Å². The van der Waals surface area contributed by atoms with E-state index in [0.29, 0.717) is 5.56 Å². The molecule has 15 heavy (non-hydrogen) atoms. The number of H-pyrrole nitrogens is 1. The quantitative estimate of drug-likeness (QED) is 0.788. The molecule has 0 fully saturated rings. The van der Waals surface area contributed by atoms with Crippen LogP contribution < -0.4 is 0 Å². The molecule has 2 aromatic rings. The summed E-state index contributed by atoms with van der Waals surface area (Å²) in [7, 11) is 0. The van der Waals surface area contributed by atoms with E-state index in [2.05, 4.69) is 11.9 Å². The predicted molar refractivity (Wildman–Crippen MR) is 59.4 cm³/mol. The molecule has 0 atom stereocenters. The molecule has 0 spiro atoms. The van der Waals surface area contributed by atoms with Crippen molar-refractivity contribution >= 4 is 16.9 Å². The van der Waals surface area contributed by atoms with E-state index in [1.165, 1.54) is 5.56 Å². The van der Waals surface area contributed by atoms with Crippen molar-refractivity contribution in [1.29, 1.82) is 0 Å². The van der Waals surface area contributed by atoms with Gasteiger partial charge in [-0.05, 0) is 36.6 Å². The zero-order valence-electron chi connectivity index (χ0n) is 8.79. The van der Waals surface area contributed by atoms with E-state index in [1.54, 1.807) is 6.07 Å². The number of fused-ring (bicyclic) bond motifs is 1. The van der Waals surface area contributed by atoms with E-state index < -0.39 is 5.97 Å². The molecule has 3 heteroatoms. The number of carboxylic acids is 1. The third-order valence-electron chi connectivity index (χ3n) is 2.72. The Morgan fingerprint density at radius 2 is 2.20 bits per heavy atom. The van der Waals surface area contributed by atoms with Gasteiger partial charge >= 0.3 is 5.97 Å². The van der Waals surface area contributed by atoms with Crippen molar-refractivity contribution in [3.05, 3.63) is 35.0 Å². The highest BCUT2D eigenvalue weighted by Crippen LogP contribution is 2.23. The summed E-state index contributed by atoms with van der Waals surface area (Å²) in [6.45, 7) is 3.92. The number of nitrogens with one attached hydrogen (secondary N) is 1. The molecule has 0 bridgehead atoms. The fourth-order valence-corrected chi connectivity index (χ4v) is 1.86. The zero-order chi connectivity index (χ0) is 11.0. The standard InChI is InChI=1S/C12H13NO2/c1-3-8-6-13-11-5-9(12(14)15)7(2)4-10(8)11/h4-6,13H,3H2,1-2H3,(H,14,15). The Kier molecular flexibility index (Phi) is 2.23. The van der Waals surface area contributed by atoms with Crippen LogP contribution in [0.15, 0.2) is 18.3 Å². The Morgan fingerprint density at radius 3 is 2.80 bits per heavy atom. The highest BCUT2D eigenvalue weighted by atomic mass is 16.4. The average molecular weight is 203 g/mol. The molecule has 0 saturated carbocycles. The summed E-state index contributed by atoms with van der Waals surface area (Å²) in [5.41, 5.74) is 3.30. The number of hydrogen-bond donors (Lipinski definition) is 2. The lowest BCUT2D eigenvalue weighted by molar-refractivity contribution is 0.0696. The molecular weight excluding hydrogens is 190 g/mol. The molecule has 1 heterocycles. The summed E-state index contributed by atoms with van der Waals surface area (Å²) >= 11 is 0. The minimum Gasteiger partial charge on any atom is -0.478 e. The molecule has 0 aliphatic heterocycles. The number of carbonyl (C=O) groups is 1. The van der Waals surface area contributed by atoms with E-state index >= 15 is 0 Å². The summed E-state index contributed by atoms with van der Waals surface area (Å²) in [6, 6.07) is 3.64. The number of aromatic carboxylic acids is 1. The summed E-state index contributed by atoms with van der Waals surface area (Å²) in [5, 5.41) is 10.1. The first-order valence-electron chi connectivity index (χ1n) is 4.97. The zero-order valence-corrected chi connectivity index (χ0v) is 8.79. The van der Waals surface area contributed by atoms with Crippen LogP contribution in [0.2, 0.25) is 0 Å². The van der Waals surface area contributed by atoms with Crippen LogP contribution in [0.1, 0.15) is 28.4 Å². The van der Waals surface area contributed by atoms with Crippen molar-refractivity contribution in [2.24, 2.45) is 0 Å². The summed E-state index contributed by atoms with van der Waals surface area (Å²) in [5.74, 6) is -0.873. The van der Waals surface area contributed by atoms with Crippen LogP contribution in [0.4, 0.5) is 0 Å². The van der Waals surface area contributed by atoms with Crippen LogP contribution in [-0.2, 0) is 6.42 Å². The second kappa shape index (κ2) is 3.42. The third-order valence-corrected chi connectivity index (χ3v) is 2.72. The van der Waals surface area contributed by atoms with Gasteiger partial charge in [-0.3, -0.25) is 0 Å². The number of rotatable bonds is 2. The molecule has 0 unspecified atom stereocenters. The molecule has 0 aliphatic rings. The van der Waals surface area contributed by atoms with Gasteiger partial charge in [0.25, 0.3) is 0 Å². The summed E-state index contributed by atoms with van der Waals surface area (Å²) in [4.78, 5) is 14.0. The highest BCUT2D eigenvalue weighted by molar-refractivity contribution is 5.96. The van der Waals surface area contributed by atoms with Gasteiger partial charge in [0, 0.05) is 17.1 Å². The first-order valence-corrected chi connectivity index (χ1v) is 4.97. The molecular formula is C12H13NO2. The first-order chi connectivity index (χ1) is 7.13. The van der Waals surface area contributed by atoms with Crippen molar-refractivity contribution in [2.45, 2.75) is 20.3 Å². The maximum absolute atomic E-state index is 10.9. The molecule has 2 rings (SSSR count). The summed E-state index contributed by atoms with van der Waals surface area (Å²) < 4.78 is 0. The van der Waals surface area contributed by atoms with Crippen LogP contribution in [0.5, 0.6) is 0 Å². The van der Waals surface area contributed by atoms with E-state index in [4.69, 9.17) is 5.11 Å². The molecule has 2 N–H and O–H groups in total. The topological polar surface area (TPSA) is 53.1 Å². The van der Waals surface area contributed by atoms with Gasteiger partial charge in [0.05, 0.1) is 5.56 Å². The lowest BCUT2D eigenvalue weighted by Crippen LogP contribution is -1.99.